The quantitative estimate of drug-likeness (QED) is 0.563. The summed E-state index contributed by atoms with van der Waals surface area (Å²) in [6, 6.07) is 15.3. The molecule has 2 aromatic carbocycles. The fourth-order valence-electron chi connectivity index (χ4n) is 3.92. The van der Waals surface area contributed by atoms with E-state index < -0.39 is 0 Å². The van der Waals surface area contributed by atoms with Crippen LogP contribution in [0.25, 0.3) is 11.4 Å². The zero-order chi connectivity index (χ0) is 22.5. The fourth-order valence-corrected chi connectivity index (χ4v) is 3.92. The molecule has 8 nitrogen and oxygen atoms in total. The van der Waals surface area contributed by atoms with Crippen molar-refractivity contribution >= 4 is 5.91 Å². The second kappa shape index (κ2) is 9.82. The minimum Gasteiger partial charge on any atom is -0.497 e. The predicted octanol–water partition coefficient (Wildman–Crippen LogP) is 3.20. The lowest BCUT2D eigenvalue weighted by Gasteiger charge is -2.37. The van der Waals surface area contributed by atoms with Crippen LogP contribution in [0, 0.1) is 0 Å². The molecule has 4 rings (SSSR count). The Bertz CT molecular complexity index is 1050. The molecule has 0 aliphatic carbocycles. The molecule has 8 heteroatoms. The normalized spacial score (nSPS) is 15.4. The van der Waals surface area contributed by atoms with Crippen molar-refractivity contribution in [1.29, 1.82) is 0 Å². The number of benzene rings is 2. The van der Waals surface area contributed by atoms with Gasteiger partial charge in [0, 0.05) is 37.3 Å². The Morgan fingerprint density at radius 2 is 1.81 bits per heavy atom. The van der Waals surface area contributed by atoms with Crippen molar-refractivity contribution in [2.45, 2.75) is 19.4 Å². The molecule has 1 saturated heterocycles. The third kappa shape index (κ3) is 4.75. The van der Waals surface area contributed by atoms with Gasteiger partial charge in [0.25, 0.3) is 0 Å². The van der Waals surface area contributed by atoms with Crippen LogP contribution < -0.4 is 9.47 Å². The van der Waals surface area contributed by atoms with Gasteiger partial charge >= 0.3 is 0 Å². The van der Waals surface area contributed by atoms with E-state index in [1.165, 1.54) is 0 Å². The van der Waals surface area contributed by atoms with Crippen LogP contribution in [0.4, 0.5) is 0 Å². The summed E-state index contributed by atoms with van der Waals surface area (Å²) in [6.07, 6.45) is 0.278. The smallest absolute Gasteiger partial charge is 0.244 e. The molecule has 1 aromatic heterocycles. The molecule has 1 aliphatic heterocycles. The molecule has 0 radical (unpaired) electrons. The summed E-state index contributed by atoms with van der Waals surface area (Å²) in [6.45, 7) is 4.83. The molecule has 168 valence electrons. The molecular formula is C24H28N4O4. The molecule has 1 unspecified atom stereocenters. The van der Waals surface area contributed by atoms with E-state index in [0.29, 0.717) is 36.3 Å². The van der Waals surface area contributed by atoms with Crippen molar-refractivity contribution in [1.82, 2.24) is 19.9 Å². The lowest BCUT2D eigenvalue weighted by Crippen LogP contribution is -2.49. The largest absolute Gasteiger partial charge is 0.497 e. The number of carbonyl (C=O) groups is 1. The van der Waals surface area contributed by atoms with E-state index in [-0.39, 0.29) is 18.4 Å². The Morgan fingerprint density at radius 1 is 1.06 bits per heavy atom. The second-order valence-electron chi connectivity index (χ2n) is 7.77. The zero-order valence-corrected chi connectivity index (χ0v) is 18.7. The summed E-state index contributed by atoms with van der Waals surface area (Å²) < 4.78 is 16.2. The van der Waals surface area contributed by atoms with E-state index in [2.05, 4.69) is 22.0 Å². The minimum absolute atomic E-state index is 0.0179. The molecule has 0 saturated carbocycles. The summed E-state index contributed by atoms with van der Waals surface area (Å²) >= 11 is 0. The lowest BCUT2D eigenvalue weighted by atomic mass is 10.1. The average molecular weight is 437 g/mol. The molecule has 0 N–H and O–H groups in total. The maximum atomic E-state index is 12.9. The van der Waals surface area contributed by atoms with Gasteiger partial charge in [0.05, 0.1) is 26.7 Å². The summed E-state index contributed by atoms with van der Waals surface area (Å²) in [5.74, 6) is 2.66. The van der Waals surface area contributed by atoms with E-state index in [9.17, 15) is 4.79 Å². The van der Waals surface area contributed by atoms with Crippen molar-refractivity contribution in [3.63, 3.8) is 0 Å². The molecule has 0 spiro atoms. The van der Waals surface area contributed by atoms with Gasteiger partial charge in [-0.2, -0.15) is 4.98 Å². The number of methoxy groups -OCH3 is 2. The molecule has 1 aliphatic rings. The van der Waals surface area contributed by atoms with Crippen LogP contribution in [0.5, 0.6) is 11.5 Å². The van der Waals surface area contributed by atoms with Gasteiger partial charge < -0.3 is 18.9 Å². The molecule has 1 amide bonds. The van der Waals surface area contributed by atoms with Crippen LogP contribution in [0.2, 0.25) is 0 Å². The van der Waals surface area contributed by atoms with E-state index in [0.717, 1.165) is 24.2 Å². The van der Waals surface area contributed by atoms with Crippen LogP contribution in [0.15, 0.2) is 53.1 Å². The molecule has 2 heterocycles. The first-order chi connectivity index (χ1) is 15.6. The highest BCUT2D eigenvalue weighted by atomic mass is 16.5. The van der Waals surface area contributed by atoms with Crippen molar-refractivity contribution in [2.24, 2.45) is 0 Å². The molecule has 1 atom stereocenters. The van der Waals surface area contributed by atoms with Crippen molar-refractivity contribution in [2.75, 3.05) is 40.4 Å². The van der Waals surface area contributed by atoms with Crippen LogP contribution in [0.3, 0.4) is 0 Å². The topological polar surface area (TPSA) is 80.9 Å². The summed E-state index contributed by atoms with van der Waals surface area (Å²) in [4.78, 5) is 21.6. The SMILES string of the molecule is COc1ccc(OC)c(CC(=O)N2CCN(C(C)c3nc(-c4ccccc4)no3)CC2)c1. The number of rotatable bonds is 7. The Hall–Kier alpha value is -3.39. The Kier molecular flexibility index (Phi) is 6.70. The number of amides is 1. The van der Waals surface area contributed by atoms with Crippen LogP contribution in [0.1, 0.15) is 24.4 Å². The molecule has 0 bridgehead atoms. The van der Waals surface area contributed by atoms with Crippen molar-refractivity contribution in [3.8, 4) is 22.9 Å². The Morgan fingerprint density at radius 3 is 2.50 bits per heavy atom. The first-order valence-electron chi connectivity index (χ1n) is 10.7. The standard InChI is InChI=1S/C24H28N4O4/c1-17(24-25-23(26-32-24)18-7-5-4-6-8-18)27-11-13-28(14-12-27)22(29)16-19-15-20(30-2)9-10-21(19)31-3/h4-10,15,17H,11-14,16H2,1-3H3. The van der Waals surface area contributed by atoms with Crippen LogP contribution in [-0.2, 0) is 11.2 Å². The van der Waals surface area contributed by atoms with Gasteiger partial charge in [-0.15, -0.1) is 0 Å². The van der Waals surface area contributed by atoms with Crippen LogP contribution >= 0.6 is 0 Å². The summed E-state index contributed by atoms with van der Waals surface area (Å²) in [5.41, 5.74) is 1.75. The summed E-state index contributed by atoms with van der Waals surface area (Å²) in [7, 11) is 3.22. The highest BCUT2D eigenvalue weighted by Gasteiger charge is 2.28. The van der Waals surface area contributed by atoms with Gasteiger partial charge in [-0.25, -0.2) is 0 Å². The first-order valence-corrected chi connectivity index (χ1v) is 10.7. The van der Waals surface area contributed by atoms with Crippen molar-refractivity contribution in [3.05, 3.63) is 60.0 Å². The van der Waals surface area contributed by atoms with Crippen LogP contribution in [-0.4, -0.2) is 66.2 Å². The van der Waals surface area contributed by atoms with E-state index >= 15 is 0 Å². The predicted molar refractivity (Wildman–Crippen MR) is 120 cm³/mol. The van der Waals surface area contributed by atoms with E-state index in [1.54, 1.807) is 14.2 Å². The van der Waals surface area contributed by atoms with E-state index in [4.69, 9.17) is 14.0 Å². The first kappa shape index (κ1) is 21.8. The minimum atomic E-state index is -0.0179. The number of hydrogen-bond donors (Lipinski definition) is 0. The number of carbonyl (C=O) groups excluding carboxylic acids is 1. The van der Waals surface area contributed by atoms with Crippen molar-refractivity contribution < 1.29 is 18.8 Å². The van der Waals surface area contributed by atoms with E-state index in [1.807, 2.05) is 53.4 Å². The number of aromatic nitrogens is 2. The maximum Gasteiger partial charge on any atom is 0.244 e. The maximum absolute atomic E-state index is 12.9. The van der Waals surface area contributed by atoms with Gasteiger partial charge in [-0.3, -0.25) is 9.69 Å². The molecule has 3 aromatic rings. The van der Waals surface area contributed by atoms with Gasteiger partial charge in [0.1, 0.15) is 11.5 Å². The highest BCUT2D eigenvalue weighted by Crippen LogP contribution is 2.26. The number of ether oxygens (including phenoxy) is 2. The third-order valence-electron chi connectivity index (χ3n) is 5.88. The van der Waals surface area contributed by atoms with Gasteiger partial charge in [-0.05, 0) is 25.1 Å². The molecule has 1 fully saturated rings. The number of nitrogens with zero attached hydrogens (tertiary/aromatic N) is 4. The highest BCUT2D eigenvalue weighted by molar-refractivity contribution is 5.79. The molecule has 32 heavy (non-hydrogen) atoms. The number of piperazine rings is 1. The average Bonchev–Trinajstić information content (AvgIpc) is 3.34. The Labute approximate surface area is 187 Å². The monoisotopic (exact) mass is 436 g/mol. The van der Waals surface area contributed by atoms with Gasteiger partial charge in [0.2, 0.25) is 17.6 Å². The van der Waals surface area contributed by atoms with Gasteiger partial charge in [0.15, 0.2) is 0 Å². The zero-order valence-electron chi connectivity index (χ0n) is 18.7. The second-order valence-corrected chi connectivity index (χ2v) is 7.77. The number of hydrogen-bond acceptors (Lipinski definition) is 7. The van der Waals surface area contributed by atoms with Gasteiger partial charge in [-0.1, -0.05) is 35.5 Å². The Balaban J connectivity index is 1.35. The molecular weight excluding hydrogens is 408 g/mol. The fraction of sp³-hybridized carbons (Fsp3) is 0.375. The summed E-state index contributed by atoms with van der Waals surface area (Å²) in [5, 5.41) is 4.12. The lowest BCUT2D eigenvalue weighted by molar-refractivity contribution is -0.132. The third-order valence-corrected chi connectivity index (χ3v) is 5.88.